The van der Waals surface area contributed by atoms with E-state index >= 15 is 0 Å². The molecule has 0 unspecified atom stereocenters. The molecule has 2 atom stereocenters. The third kappa shape index (κ3) is 0.992. The molecule has 0 aliphatic carbocycles. The van der Waals surface area contributed by atoms with E-state index in [0.717, 1.165) is 0 Å². The van der Waals surface area contributed by atoms with Crippen LogP contribution in [0.25, 0.3) is 0 Å². The van der Waals surface area contributed by atoms with Gasteiger partial charge in [-0.15, -0.1) is 0 Å². The molecule has 0 bridgehead atoms. The van der Waals surface area contributed by atoms with E-state index in [1.807, 2.05) is 0 Å². The lowest BCUT2D eigenvalue weighted by molar-refractivity contribution is 0.0988. The predicted octanol–water partition coefficient (Wildman–Crippen LogP) is -1.01. The molecule has 0 aromatic rings. The van der Waals surface area contributed by atoms with Crippen molar-refractivity contribution in [3.8, 4) is 0 Å². The molecule has 3 heteroatoms. The van der Waals surface area contributed by atoms with Crippen LogP contribution in [0.5, 0.6) is 0 Å². The zero-order valence-corrected chi connectivity index (χ0v) is 4.58. The van der Waals surface area contributed by atoms with Crippen molar-refractivity contribution < 1.29 is 14.9 Å². The summed E-state index contributed by atoms with van der Waals surface area (Å²) in [5.74, 6) is -0.0463. The van der Waals surface area contributed by atoms with Gasteiger partial charge in [0, 0.05) is 5.92 Å². The fourth-order valence-corrected chi connectivity index (χ4v) is 0.762. The van der Waals surface area contributed by atoms with Crippen molar-refractivity contribution >= 4 is 0 Å². The van der Waals surface area contributed by atoms with E-state index in [-0.39, 0.29) is 12.5 Å². The van der Waals surface area contributed by atoms with Crippen LogP contribution in [0.3, 0.4) is 0 Å². The maximum absolute atomic E-state index is 8.90. The quantitative estimate of drug-likeness (QED) is 0.463. The molecule has 48 valence electrons. The summed E-state index contributed by atoms with van der Waals surface area (Å²) in [4.78, 5) is 0. The zero-order chi connectivity index (χ0) is 5.98. The van der Waals surface area contributed by atoms with Crippen LogP contribution in [-0.4, -0.2) is 36.1 Å². The molecule has 0 saturated carbocycles. The number of ether oxygens (including phenoxy) is 1. The second kappa shape index (κ2) is 2.44. The minimum Gasteiger partial charge on any atom is -0.396 e. The van der Waals surface area contributed by atoms with Crippen LogP contribution in [-0.2, 0) is 4.74 Å². The Morgan fingerprint density at radius 3 is 2.50 bits per heavy atom. The number of aliphatic hydroxyl groups excluding tert-OH is 2. The van der Waals surface area contributed by atoms with Gasteiger partial charge in [-0.3, -0.25) is 0 Å². The van der Waals surface area contributed by atoms with Crippen LogP contribution in [0, 0.1) is 5.92 Å². The molecule has 1 fully saturated rings. The minimum atomic E-state index is -0.444. The largest absolute Gasteiger partial charge is 0.396 e. The molecule has 0 aromatic heterocycles. The SMILES string of the molecule is OC[C@H]1COC[C@@H]1O. The van der Waals surface area contributed by atoms with Gasteiger partial charge in [0.15, 0.2) is 0 Å². The summed E-state index contributed by atoms with van der Waals surface area (Å²) in [5.41, 5.74) is 0. The molecule has 1 rings (SSSR count). The first kappa shape index (κ1) is 6.01. The summed E-state index contributed by atoms with van der Waals surface area (Å²) in [6.07, 6.45) is -0.444. The van der Waals surface area contributed by atoms with Gasteiger partial charge < -0.3 is 14.9 Å². The fourth-order valence-electron chi connectivity index (χ4n) is 0.762. The smallest absolute Gasteiger partial charge is 0.0845 e. The second-order valence-corrected chi connectivity index (χ2v) is 2.05. The van der Waals surface area contributed by atoms with Gasteiger partial charge in [0.2, 0.25) is 0 Å². The lowest BCUT2D eigenvalue weighted by atomic mass is 10.1. The monoisotopic (exact) mass is 118 g/mol. The van der Waals surface area contributed by atoms with E-state index in [2.05, 4.69) is 0 Å². The number of hydrogen-bond donors (Lipinski definition) is 2. The normalized spacial score (nSPS) is 38.2. The number of hydrogen-bond acceptors (Lipinski definition) is 3. The van der Waals surface area contributed by atoms with Gasteiger partial charge in [0.1, 0.15) is 0 Å². The summed E-state index contributed by atoms with van der Waals surface area (Å²) < 4.78 is 4.85. The summed E-state index contributed by atoms with van der Waals surface area (Å²) in [6.45, 7) is 0.907. The Morgan fingerprint density at radius 2 is 2.25 bits per heavy atom. The Hall–Kier alpha value is -0.120. The van der Waals surface area contributed by atoms with Crippen LogP contribution in [0.15, 0.2) is 0 Å². The van der Waals surface area contributed by atoms with Crippen LogP contribution >= 0.6 is 0 Å². The molecule has 1 aliphatic heterocycles. The lowest BCUT2D eigenvalue weighted by Crippen LogP contribution is -2.20. The first-order valence-electron chi connectivity index (χ1n) is 2.71. The van der Waals surface area contributed by atoms with Gasteiger partial charge in [-0.1, -0.05) is 0 Å². The first-order valence-corrected chi connectivity index (χ1v) is 2.71. The fraction of sp³-hybridized carbons (Fsp3) is 1.00. The Balaban J connectivity index is 2.30. The third-order valence-electron chi connectivity index (χ3n) is 1.40. The Kier molecular flexibility index (Phi) is 1.83. The van der Waals surface area contributed by atoms with Crippen LogP contribution < -0.4 is 0 Å². The van der Waals surface area contributed by atoms with E-state index in [0.29, 0.717) is 13.2 Å². The highest BCUT2D eigenvalue weighted by Crippen LogP contribution is 2.11. The summed E-state index contributed by atoms with van der Waals surface area (Å²) in [7, 11) is 0. The van der Waals surface area contributed by atoms with Gasteiger partial charge in [-0.05, 0) is 0 Å². The number of aliphatic hydroxyl groups is 2. The summed E-state index contributed by atoms with van der Waals surface area (Å²) in [5, 5.41) is 17.4. The molecular formula is C5H10O3. The summed E-state index contributed by atoms with van der Waals surface area (Å²) in [6, 6.07) is 0. The van der Waals surface area contributed by atoms with Gasteiger partial charge in [-0.2, -0.15) is 0 Å². The topological polar surface area (TPSA) is 49.7 Å². The highest BCUT2D eigenvalue weighted by molar-refractivity contribution is 4.72. The van der Waals surface area contributed by atoms with Gasteiger partial charge in [0.25, 0.3) is 0 Å². The van der Waals surface area contributed by atoms with Gasteiger partial charge in [0.05, 0.1) is 25.9 Å². The first-order chi connectivity index (χ1) is 3.84. The van der Waals surface area contributed by atoms with Crippen molar-refractivity contribution in [1.29, 1.82) is 0 Å². The molecule has 1 aliphatic rings. The molecular weight excluding hydrogens is 108 g/mol. The zero-order valence-electron chi connectivity index (χ0n) is 4.58. The van der Waals surface area contributed by atoms with Crippen molar-refractivity contribution in [2.24, 2.45) is 5.92 Å². The van der Waals surface area contributed by atoms with Crippen molar-refractivity contribution in [2.45, 2.75) is 6.10 Å². The van der Waals surface area contributed by atoms with Crippen molar-refractivity contribution in [2.75, 3.05) is 19.8 Å². The third-order valence-corrected chi connectivity index (χ3v) is 1.40. The van der Waals surface area contributed by atoms with Crippen LogP contribution in [0.2, 0.25) is 0 Å². The highest BCUT2D eigenvalue weighted by atomic mass is 16.5. The van der Waals surface area contributed by atoms with Crippen LogP contribution in [0.4, 0.5) is 0 Å². The molecule has 0 aromatic carbocycles. The molecule has 2 N–H and O–H groups in total. The molecule has 3 nitrogen and oxygen atoms in total. The van der Waals surface area contributed by atoms with Crippen molar-refractivity contribution in [3.05, 3.63) is 0 Å². The average molecular weight is 118 g/mol. The van der Waals surface area contributed by atoms with Gasteiger partial charge in [-0.25, -0.2) is 0 Å². The predicted molar refractivity (Wildman–Crippen MR) is 27.4 cm³/mol. The lowest BCUT2D eigenvalue weighted by Gasteiger charge is -2.05. The minimum absolute atomic E-state index is 0.0289. The standard InChI is InChI=1S/C5H10O3/c6-1-4-2-8-3-5(4)7/h4-7H,1-3H2/t4-,5-/m0/s1. The molecule has 1 saturated heterocycles. The maximum atomic E-state index is 8.90. The average Bonchev–Trinajstić information content (AvgIpc) is 2.14. The van der Waals surface area contributed by atoms with E-state index in [9.17, 15) is 0 Å². The van der Waals surface area contributed by atoms with Gasteiger partial charge >= 0.3 is 0 Å². The second-order valence-electron chi connectivity index (χ2n) is 2.05. The Morgan fingerprint density at radius 1 is 1.50 bits per heavy atom. The van der Waals surface area contributed by atoms with Crippen molar-refractivity contribution in [3.63, 3.8) is 0 Å². The molecule has 1 heterocycles. The van der Waals surface area contributed by atoms with E-state index in [1.54, 1.807) is 0 Å². The summed E-state index contributed by atoms with van der Waals surface area (Å²) >= 11 is 0. The molecule has 0 radical (unpaired) electrons. The number of rotatable bonds is 1. The van der Waals surface area contributed by atoms with Crippen LogP contribution in [0.1, 0.15) is 0 Å². The van der Waals surface area contributed by atoms with E-state index < -0.39 is 6.10 Å². The molecule has 0 spiro atoms. The highest BCUT2D eigenvalue weighted by Gasteiger charge is 2.24. The van der Waals surface area contributed by atoms with E-state index in [4.69, 9.17) is 14.9 Å². The molecule has 8 heavy (non-hydrogen) atoms. The Labute approximate surface area is 47.9 Å². The molecule has 0 amide bonds. The van der Waals surface area contributed by atoms with Crippen molar-refractivity contribution in [1.82, 2.24) is 0 Å². The van der Waals surface area contributed by atoms with E-state index in [1.165, 1.54) is 0 Å². The maximum Gasteiger partial charge on any atom is 0.0845 e. The Bertz CT molecular complexity index is 74.1.